The number of carbonyl (C=O) groups excluding carboxylic acids is 2. The summed E-state index contributed by atoms with van der Waals surface area (Å²) in [5.41, 5.74) is 2.56. The molecule has 0 spiro atoms. The first-order valence-corrected chi connectivity index (χ1v) is 8.18. The van der Waals surface area contributed by atoms with Crippen LogP contribution in [0.1, 0.15) is 12.0 Å². The average molecular weight is 349 g/mol. The Kier molecular flexibility index (Phi) is 3.82. The number of amides is 2. The molecule has 5 heteroatoms. The molecule has 0 aliphatic carbocycles. The second-order valence-corrected chi connectivity index (χ2v) is 6.22. The van der Waals surface area contributed by atoms with Gasteiger partial charge in [0.25, 0.3) is 5.91 Å². The van der Waals surface area contributed by atoms with Gasteiger partial charge < -0.3 is 0 Å². The predicted octanol–water partition coefficient (Wildman–Crippen LogP) is 4.24. The maximum atomic E-state index is 12.7. The zero-order valence-corrected chi connectivity index (χ0v) is 13.9. The van der Waals surface area contributed by atoms with E-state index in [0.717, 1.165) is 16.5 Å². The van der Waals surface area contributed by atoms with Gasteiger partial charge in [-0.15, -0.1) is 0 Å². The third kappa shape index (κ3) is 2.81. The number of para-hydroxylation sites is 1. The summed E-state index contributed by atoms with van der Waals surface area (Å²) in [5, 5.41) is 1.47. The molecule has 0 atom stereocenters. The molecule has 2 amide bonds. The van der Waals surface area contributed by atoms with Crippen LogP contribution in [-0.4, -0.2) is 16.8 Å². The standard InChI is InChI=1S/C20H13ClN2O2/c21-16-7-2-8-17(12-16)23-18(24)11-15(20(23)25)10-14-5-1-4-13-6-3-9-22-19(13)14/h1-10,12H,11H2/b15-10+. The molecule has 0 radical (unpaired) electrons. The van der Waals surface area contributed by atoms with Crippen LogP contribution in [0.15, 0.2) is 66.4 Å². The molecule has 2 heterocycles. The summed E-state index contributed by atoms with van der Waals surface area (Å²) >= 11 is 5.98. The average Bonchev–Trinajstić information content (AvgIpc) is 2.89. The number of rotatable bonds is 2. The van der Waals surface area contributed by atoms with Gasteiger partial charge in [0.05, 0.1) is 17.6 Å². The Labute approximate surface area is 149 Å². The molecule has 122 valence electrons. The van der Waals surface area contributed by atoms with Crippen LogP contribution in [0.2, 0.25) is 5.02 Å². The first-order chi connectivity index (χ1) is 12.1. The molecular formula is C20H13ClN2O2. The first-order valence-electron chi connectivity index (χ1n) is 7.81. The minimum atomic E-state index is -0.319. The molecule has 1 saturated heterocycles. The summed E-state index contributed by atoms with van der Waals surface area (Å²) in [5.74, 6) is -0.577. The van der Waals surface area contributed by atoms with E-state index in [-0.39, 0.29) is 18.2 Å². The number of aromatic nitrogens is 1. The third-order valence-corrected chi connectivity index (χ3v) is 4.36. The molecular weight excluding hydrogens is 336 g/mol. The van der Waals surface area contributed by atoms with Gasteiger partial charge in [0, 0.05) is 27.7 Å². The Hall–Kier alpha value is -2.98. The van der Waals surface area contributed by atoms with Crippen LogP contribution >= 0.6 is 11.6 Å². The van der Waals surface area contributed by atoms with Crippen molar-refractivity contribution in [1.29, 1.82) is 0 Å². The highest BCUT2D eigenvalue weighted by Gasteiger charge is 2.35. The van der Waals surface area contributed by atoms with Gasteiger partial charge in [0.15, 0.2) is 0 Å². The molecule has 3 aromatic rings. The fourth-order valence-corrected chi connectivity index (χ4v) is 3.18. The number of fused-ring (bicyclic) bond motifs is 1. The maximum absolute atomic E-state index is 12.7. The Morgan fingerprint density at radius 3 is 2.68 bits per heavy atom. The van der Waals surface area contributed by atoms with Crippen molar-refractivity contribution in [3.8, 4) is 0 Å². The minimum Gasteiger partial charge on any atom is -0.274 e. The van der Waals surface area contributed by atoms with Gasteiger partial charge in [-0.2, -0.15) is 0 Å². The summed E-state index contributed by atoms with van der Waals surface area (Å²) in [6.07, 6.45) is 3.53. The SMILES string of the molecule is O=C1C/C(=C\c2cccc3cccnc23)C(=O)N1c1cccc(Cl)c1. The quantitative estimate of drug-likeness (QED) is 0.514. The van der Waals surface area contributed by atoms with Crippen molar-refractivity contribution in [2.24, 2.45) is 0 Å². The number of anilines is 1. The monoisotopic (exact) mass is 348 g/mol. The molecule has 0 N–H and O–H groups in total. The van der Waals surface area contributed by atoms with Gasteiger partial charge in [-0.1, -0.05) is 41.9 Å². The molecule has 1 fully saturated rings. The summed E-state index contributed by atoms with van der Waals surface area (Å²) in [6.45, 7) is 0. The van der Waals surface area contributed by atoms with Crippen LogP contribution in [-0.2, 0) is 9.59 Å². The molecule has 25 heavy (non-hydrogen) atoms. The van der Waals surface area contributed by atoms with E-state index in [1.54, 1.807) is 36.5 Å². The van der Waals surface area contributed by atoms with Crippen LogP contribution in [0.4, 0.5) is 5.69 Å². The highest BCUT2D eigenvalue weighted by Crippen LogP contribution is 2.30. The van der Waals surface area contributed by atoms with E-state index in [0.29, 0.717) is 16.3 Å². The molecule has 4 nitrogen and oxygen atoms in total. The highest BCUT2D eigenvalue weighted by molar-refractivity contribution is 6.32. The maximum Gasteiger partial charge on any atom is 0.261 e. The number of nitrogens with zero attached hydrogens (tertiary/aromatic N) is 2. The van der Waals surface area contributed by atoms with Gasteiger partial charge in [-0.25, -0.2) is 4.90 Å². The number of benzene rings is 2. The largest absolute Gasteiger partial charge is 0.274 e. The van der Waals surface area contributed by atoms with E-state index < -0.39 is 0 Å². The molecule has 4 rings (SSSR count). The third-order valence-electron chi connectivity index (χ3n) is 4.13. The van der Waals surface area contributed by atoms with E-state index in [2.05, 4.69) is 4.98 Å². The van der Waals surface area contributed by atoms with Gasteiger partial charge in [0.2, 0.25) is 5.91 Å². The highest BCUT2D eigenvalue weighted by atomic mass is 35.5. The minimum absolute atomic E-state index is 0.0641. The van der Waals surface area contributed by atoms with Crippen LogP contribution in [0.5, 0.6) is 0 Å². The summed E-state index contributed by atoms with van der Waals surface area (Å²) < 4.78 is 0. The Balaban J connectivity index is 1.75. The number of pyridine rings is 1. The Bertz CT molecular complexity index is 1040. The van der Waals surface area contributed by atoms with Gasteiger partial charge in [-0.05, 0) is 30.3 Å². The van der Waals surface area contributed by atoms with Crippen molar-refractivity contribution in [3.63, 3.8) is 0 Å². The molecule has 1 aliphatic rings. The zero-order chi connectivity index (χ0) is 17.4. The lowest BCUT2D eigenvalue weighted by Gasteiger charge is -2.13. The number of imide groups is 1. The van der Waals surface area contributed by atoms with E-state index in [1.807, 2.05) is 30.3 Å². The van der Waals surface area contributed by atoms with Crippen molar-refractivity contribution in [1.82, 2.24) is 4.98 Å². The second-order valence-electron chi connectivity index (χ2n) is 5.78. The Morgan fingerprint density at radius 1 is 1.04 bits per heavy atom. The van der Waals surface area contributed by atoms with E-state index in [4.69, 9.17) is 11.6 Å². The lowest BCUT2D eigenvalue weighted by Crippen LogP contribution is -2.28. The van der Waals surface area contributed by atoms with Gasteiger partial charge in [-0.3, -0.25) is 14.6 Å². The number of carbonyl (C=O) groups is 2. The fraction of sp³-hybridized carbons (Fsp3) is 0.0500. The van der Waals surface area contributed by atoms with Crippen LogP contribution in [0, 0.1) is 0 Å². The van der Waals surface area contributed by atoms with Crippen molar-refractivity contribution in [2.45, 2.75) is 6.42 Å². The Morgan fingerprint density at radius 2 is 1.84 bits per heavy atom. The number of hydrogen-bond donors (Lipinski definition) is 0. The molecule has 1 aliphatic heterocycles. The fourth-order valence-electron chi connectivity index (χ4n) is 3.00. The summed E-state index contributed by atoms with van der Waals surface area (Å²) in [4.78, 5) is 30.7. The van der Waals surface area contributed by atoms with E-state index in [1.165, 1.54) is 4.90 Å². The van der Waals surface area contributed by atoms with Crippen LogP contribution in [0.3, 0.4) is 0 Å². The predicted molar refractivity (Wildman–Crippen MR) is 98.3 cm³/mol. The number of halogens is 1. The first kappa shape index (κ1) is 15.5. The lowest BCUT2D eigenvalue weighted by molar-refractivity contribution is -0.120. The van der Waals surface area contributed by atoms with Gasteiger partial charge in [0.1, 0.15) is 0 Å². The van der Waals surface area contributed by atoms with Crippen molar-refractivity contribution in [2.75, 3.05) is 4.90 Å². The number of hydrogen-bond acceptors (Lipinski definition) is 3. The topological polar surface area (TPSA) is 50.3 Å². The van der Waals surface area contributed by atoms with E-state index in [9.17, 15) is 9.59 Å². The summed E-state index contributed by atoms with van der Waals surface area (Å²) in [7, 11) is 0. The van der Waals surface area contributed by atoms with E-state index >= 15 is 0 Å². The second kappa shape index (κ2) is 6.15. The van der Waals surface area contributed by atoms with Gasteiger partial charge >= 0.3 is 0 Å². The zero-order valence-electron chi connectivity index (χ0n) is 13.1. The molecule has 0 unspecified atom stereocenters. The molecule has 0 saturated carbocycles. The normalized spacial score (nSPS) is 16.2. The molecule has 1 aromatic heterocycles. The summed E-state index contributed by atoms with van der Waals surface area (Å²) in [6, 6.07) is 16.3. The molecule has 2 aromatic carbocycles. The van der Waals surface area contributed by atoms with Crippen molar-refractivity contribution < 1.29 is 9.59 Å². The van der Waals surface area contributed by atoms with Crippen molar-refractivity contribution >= 4 is 46.1 Å². The van der Waals surface area contributed by atoms with Crippen molar-refractivity contribution in [3.05, 3.63) is 77.0 Å². The van der Waals surface area contributed by atoms with Crippen LogP contribution < -0.4 is 4.90 Å². The van der Waals surface area contributed by atoms with Crippen LogP contribution in [0.25, 0.3) is 17.0 Å². The molecule has 0 bridgehead atoms. The smallest absolute Gasteiger partial charge is 0.261 e. The lowest BCUT2D eigenvalue weighted by atomic mass is 10.1.